The van der Waals surface area contributed by atoms with E-state index in [0.717, 1.165) is 44.0 Å². The number of rotatable bonds is 5. The van der Waals surface area contributed by atoms with Crippen molar-refractivity contribution in [3.05, 3.63) is 34.9 Å². The number of likely N-dealkylation sites (N-methyl/N-ethyl adjacent to an activating group) is 1. The number of hydrogen-bond donors (Lipinski definition) is 2. The van der Waals surface area contributed by atoms with Gasteiger partial charge in [0, 0.05) is 43.8 Å². The molecule has 2 aliphatic rings. The lowest BCUT2D eigenvalue weighted by atomic mass is 9.96. The Labute approximate surface area is 162 Å². The number of carbonyl (C=O) groups is 1. The third-order valence-corrected chi connectivity index (χ3v) is 5.88. The van der Waals surface area contributed by atoms with Crippen LogP contribution in [-0.4, -0.2) is 61.6 Å². The van der Waals surface area contributed by atoms with Crippen LogP contribution >= 0.6 is 11.6 Å². The molecule has 1 heterocycles. The molecule has 144 valence electrons. The predicted octanol–water partition coefficient (Wildman–Crippen LogP) is 3.26. The second-order valence-electron chi connectivity index (χ2n) is 7.60. The molecule has 1 aromatic carbocycles. The first-order valence-electron chi connectivity index (χ1n) is 9.84. The van der Waals surface area contributed by atoms with Crippen molar-refractivity contribution >= 4 is 17.6 Å². The van der Waals surface area contributed by atoms with E-state index in [0.29, 0.717) is 12.6 Å². The zero-order chi connectivity index (χ0) is 18.4. The van der Waals surface area contributed by atoms with Crippen LogP contribution in [0.25, 0.3) is 0 Å². The number of hydrogen-bond acceptors (Lipinski definition) is 3. The van der Waals surface area contributed by atoms with Gasteiger partial charge >= 0.3 is 6.03 Å². The van der Waals surface area contributed by atoms with Crippen molar-refractivity contribution in [2.24, 2.45) is 0 Å². The number of amides is 2. The van der Waals surface area contributed by atoms with E-state index in [2.05, 4.69) is 39.6 Å². The molecule has 1 saturated carbocycles. The van der Waals surface area contributed by atoms with Gasteiger partial charge in [-0.2, -0.15) is 0 Å². The summed E-state index contributed by atoms with van der Waals surface area (Å²) in [4.78, 5) is 17.2. The van der Waals surface area contributed by atoms with E-state index < -0.39 is 0 Å². The average molecular weight is 379 g/mol. The molecule has 0 radical (unpaired) electrons. The summed E-state index contributed by atoms with van der Waals surface area (Å²) in [6.07, 6.45) is 5.94. The van der Waals surface area contributed by atoms with Gasteiger partial charge in [-0.3, -0.25) is 4.90 Å². The maximum Gasteiger partial charge on any atom is 0.315 e. The van der Waals surface area contributed by atoms with Crippen LogP contribution in [0.3, 0.4) is 0 Å². The molecule has 1 aromatic rings. The SMILES string of the molecule is CN1CCN(C(CNC(=O)NC2CCCCC2)c2ccc(Cl)cc2)CC1. The van der Waals surface area contributed by atoms with Gasteiger partial charge in [0.25, 0.3) is 0 Å². The van der Waals surface area contributed by atoms with Crippen molar-refractivity contribution in [1.82, 2.24) is 20.4 Å². The molecular formula is C20H31ClN4O. The van der Waals surface area contributed by atoms with Crippen LogP contribution in [0, 0.1) is 0 Å². The van der Waals surface area contributed by atoms with E-state index >= 15 is 0 Å². The normalized spacial score (nSPS) is 21.3. The van der Waals surface area contributed by atoms with E-state index in [-0.39, 0.29) is 12.1 Å². The molecule has 1 atom stereocenters. The summed E-state index contributed by atoms with van der Waals surface area (Å²) in [6, 6.07) is 8.49. The lowest BCUT2D eigenvalue weighted by molar-refractivity contribution is 0.111. The monoisotopic (exact) mass is 378 g/mol. The minimum absolute atomic E-state index is 0.0370. The van der Waals surface area contributed by atoms with Crippen molar-refractivity contribution in [3.63, 3.8) is 0 Å². The second kappa shape index (κ2) is 9.58. The topological polar surface area (TPSA) is 47.6 Å². The average Bonchev–Trinajstić information content (AvgIpc) is 2.65. The Morgan fingerprint density at radius 1 is 1.12 bits per heavy atom. The fraction of sp³-hybridized carbons (Fsp3) is 0.650. The van der Waals surface area contributed by atoms with Gasteiger partial charge in [-0.1, -0.05) is 43.0 Å². The number of piperazine rings is 1. The van der Waals surface area contributed by atoms with Crippen LogP contribution in [-0.2, 0) is 0 Å². The van der Waals surface area contributed by atoms with Crippen LogP contribution in [0.5, 0.6) is 0 Å². The van der Waals surface area contributed by atoms with Gasteiger partial charge in [0.05, 0.1) is 6.04 Å². The highest BCUT2D eigenvalue weighted by Gasteiger charge is 2.25. The third kappa shape index (κ3) is 5.60. The first kappa shape index (κ1) is 19.5. The van der Waals surface area contributed by atoms with E-state index in [1.807, 2.05) is 12.1 Å². The Morgan fingerprint density at radius 2 is 1.77 bits per heavy atom. The number of halogens is 1. The molecule has 6 heteroatoms. The number of nitrogens with zero attached hydrogens (tertiary/aromatic N) is 2. The van der Waals surface area contributed by atoms with Gasteiger partial charge in [-0.05, 0) is 37.6 Å². The third-order valence-electron chi connectivity index (χ3n) is 5.63. The molecule has 1 aliphatic heterocycles. The quantitative estimate of drug-likeness (QED) is 0.826. The van der Waals surface area contributed by atoms with E-state index in [9.17, 15) is 4.79 Å². The smallest absolute Gasteiger partial charge is 0.315 e. The van der Waals surface area contributed by atoms with Gasteiger partial charge in [0.15, 0.2) is 0 Å². The fourth-order valence-electron chi connectivity index (χ4n) is 3.95. The van der Waals surface area contributed by atoms with Gasteiger partial charge in [-0.15, -0.1) is 0 Å². The largest absolute Gasteiger partial charge is 0.336 e. The summed E-state index contributed by atoms with van der Waals surface area (Å²) in [7, 11) is 2.16. The zero-order valence-electron chi connectivity index (χ0n) is 15.7. The van der Waals surface area contributed by atoms with Crippen LogP contribution in [0.15, 0.2) is 24.3 Å². The highest BCUT2D eigenvalue weighted by atomic mass is 35.5. The Bertz CT molecular complexity index is 566. The standard InChI is InChI=1S/C20H31ClN4O/c1-24-11-13-25(14-12-24)19(16-7-9-17(21)10-8-16)15-22-20(26)23-18-5-3-2-4-6-18/h7-10,18-19H,2-6,11-15H2,1H3,(H2,22,23,26). The molecule has 1 aliphatic carbocycles. The Kier molecular flexibility index (Phi) is 7.17. The van der Waals surface area contributed by atoms with Crippen LogP contribution in [0.1, 0.15) is 43.7 Å². The highest BCUT2D eigenvalue weighted by Crippen LogP contribution is 2.23. The van der Waals surface area contributed by atoms with Gasteiger partial charge in [-0.25, -0.2) is 4.79 Å². The van der Waals surface area contributed by atoms with Crippen molar-refractivity contribution in [3.8, 4) is 0 Å². The molecule has 0 aromatic heterocycles. The highest BCUT2D eigenvalue weighted by molar-refractivity contribution is 6.30. The summed E-state index contributed by atoms with van der Waals surface area (Å²) in [6.45, 7) is 4.74. The van der Waals surface area contributed by atoms with Crippen molar-refractivity contribution < 1.29 is 4.79 Å². The van der Waals surface area contributed by atoms with Crippen molar-refractivity contribution in [1.29, 1.82) is 0 Å². The molecule has 0 bridgehead atoms. The van der Waals surface area contributed by atoms with Crippen LogP contribution < -0.4 is 10.6 Å². The summed E-state index contributed by atoms with van der Waals surface area (Å²) in [5.41, 5.74) is 1.21. The molecule has 2 amide bonds. The number of urea groups is 1. The van der Waals surface area contributed by atoms with Crippen LogP contribution in [0.2, 0.25) is 5.02 Å². The summed E-state index contributed by atoms with van der Waals surface area (Å²) < 4.78 is 0. The molecule has 2 fully saturated rings. The lowest BCUT2D eigenvalue weighted by Gasteiger charge is -2.38. The Balaban J connectivity index is 1.59. The van der Waals surface area contributed by atoms with Crippen molar-refractivity contribution in [2.45, 2.75) is 44.2 Å². The molecule has 2 N–H and O–H groups in total. The molecule has 5 nitrogen and oxygen atoms in total. The molecule has 26 heavy (non-hydrogen) atoms. The summed E-state index contributed by atoms with van der Waals surface area (Å²) in [5.74, 6) is 0. The summed E-state index contributed by atoms with van der Waals surface area (Å²) in [5, 5.41) is 7.00. The number of nitrogens with one attached hydrogen (secondary N) is 2. The maximum atomic E-state index is 12.4. The molecular weight excluding hydrogens is 348 g/mol. The molecule has 3 rings (SSSR count). The zero-order valence-corrected chi connectivity index (χ0v) is 16.5. The summed E-state index contributed by atoms with van der Waals surface area (Å²) >= 11 is 6.06. The molecule has 1 saturated heterocycles. The number of benzene rings is 1. The van der Waals surface area contributed by atoms with E-state index in [4.69, 9.17) is 11.6 Å². The second-order valence-corrected chi connectivity index (χ2v) is 8.03. The lowest BCUT2D eigenvalue weighted by Crippen LogP contribution is -2.50. The minimum Gasteiger partial charge on any atom is -0.336 e. The van der Waals surface area contributed by atoms with E-state index in [1.165, 1.54) is 24.8 Å². The minimum atomic E-state index is -0.0370. The van der Waals surface area contributed by atoms with Crippen LogP contribution in [0.4, 0.5) is 4.79 Å². The predicted molar refractivity (Wildman–Crippen MR) is 107 cm³/mol. The first-order valence-corrected chi connectivity index (χ1v) is 10.2. The van der Waals surface area contributed by atoms with Gasteiger partial charge in [0.1, 0.15) is 0 Å². The van der Waals surface area contributed by atoms with E-state index in [1.54, 1.807) is 0 Å². The Morgan fingerprint density at radius 3 is 2.42 bits per heavy atom. The molecule has 0 spiro atoms. The Hall–Kier alpha value is -1.30. The van der Waals surface area contributed by atoms with Crippen molar-refractivity contribution in [2.75, 3.05) is 39.8 Å². The maximum absolute atomic E-state index is 12.4. The first-order chi connectivity index (χ1) is 12.6. The van der Waals surface area contributed by atoms with Gasteiger partial charge < -0.3 is 15.5 Å². The molecule has 1 unspecified atom stereocenters. The fourth-order valence-corrected chi connectivity index (χ4v) is 4.08. The van der Waals surface area contributed by atoms with Gasteiger partial charge in [0.2, 0.25) is 0 Å². The number of carbonyl (C=O) groups excluding carboxylic acids is 1.